The van der Waals surface area contributed by atoms with Crippen molar-refractivity contribution in [2.75, 3.05) is 6.54 Å². The molecule has 1 aromatic rings. The number of unbranched alkanes of at least 4 members (excludes halogenated alkanes) is 7. The first-order valence-corrected chi connectivity index (χ1v) is 8.60. The summed E-state index contributed by atoms with van der Waals surface area (Å²) < 4.78 is 0. The molecule has 0 aliphatic heterocycles. The number of benzene rings is 1. The van der Waals surface area contributed by atoms with Crippen LogP contribution in [0, 0.1) is 0 Å². The molecule has 1 rings (SSSR count). The fraction of sp³-hybridized carbons (Fsp3) is 0.667. The van der Waals surface area contributed by atoms with Gasteiger partial charge in [-0.1, -0.05) is 75.6 Å². The molecule has 1 nitrogen and oxygen atoms in total. The molecule has 0 bridgehead atoms. The van der Waals surface area contributed by atoms with Gasteiger partial charge in [0.25, 0.3) is 0 Å². The van der Waals surface area contributed by atoms with Gasteiger partial charge in [0.05, 0.1) is 0 Å². The van der Waals surface area contributed by atoms with Crippen molar-refractivity contribution in [3.63, 3.8) is 0 Å². The third kappa shape index (κ3) is 7.91. The topological polar surface area (TPSA) is 12.0 Å². The number of halogens is 1. The van der Waals surface area contributed by atoms with Crippen LogP contribution >= 0.6 is 11.6 Å². The largest absolute Gasteiger partial charge is 0.310 e. The van der Waals surface area contributed by atoms with Crippen molar-refractivity contribution in [3.05, 3.63) is 34.9 Å². The van der Waals surface area contributed by atoms with Crippen LogP contribution in [0.4, 0.5) is 0 Å². The molecular weight excluding hydrogens is 266 g/mol. The Morgan fingerprint density at radius 1 is 0.900 bits per heavy atom. The fourth-order valence-corrected chi connectivity index (χ4v) is 2.57. The summed E-state index contributed by atoms with van der Waals surface area (Å²) in [6.07, 6.45) is 11.0. The average molecular weight is 296 g/mol. The SMILES string of the molecule is CCCCCCCCCCNC(C)c1ccc(Cl)cc1. The minimum atomic E-state index is 0.414. The van der Waals surface area contributed by atoms with Gasteiger partial charge in [0.2, 0.25) is 0 Å². The molecule has 1 aromatic carbocycles. The second kappa shape index (κ2) is 11.2. The second-order valence-electron chi connectivity index (χ2n) is 5.70. The van der Waals surface area contributed by atoms with Crippen LogP contribution in [-0.4, -0.2) is 6.54 Å². The van der Waals surface area contributed by atoms with Gasteiger partial charge in [-0.25, -0.2) is 0 Å². The zero-order chi connectivity index (χ0) is 14.6. The minimum absolute atomic E-state index is 0.414. The van der Waals surface area contributed by atoms with Crippen molar-refractivity contribution in [2.45, 2.75) is 71.3 Å². The first kappa shape index (κ1) is 17.5. The molecule has 0 saturated heterocycles. The van der Waals surface area contributed by atoms with Crippen molar-refractivity contribution < 1.29 is 0 Å². The second-order valence-corrected chi connectivity index (χ2v) is 6.14. The fourth-order valence-electron chi connectivity index (χ4n) is 2.45. The van der Waals surface area contributed by atoms with E-state index >= 15 is 0 Å². The molecule has 2 heteroatoms. The Morgan fingerprint density at radius 3 is 2.05 bits per heavy atom. The maximum absolute atomic E-state index is 5.90. The average Bonchev–Trinajstić information content (AvgIpc) is 2.46. The van der Waals surface area contributed by atoms with E-state index in [0.29, 0.717) is 6.04 Å². The van der Waals surface area contributed by atoms with E-state index in [-0.39, 0.29) is 0 Å². The van der Waals surface area contributed by atoms with Crippen molar-refractivity contribution in [1.82, 2.24) is 5.32 Å². The van der Waals surface area contributed by atoms with Gasteiger partial charge in [0, 0.05) is 11.1 Å². The molecule has 0 spiro atoms. The maximum Gasteiger partial charge on any atom is 0.0406 e. The third-order valence-electron chi connectivity index (χ3n) is 3.85. The molecule has 0 aliphatic rings. The Labute approximate surface area is 130 Å². The lowest BCUT2D eigenvalue weighted by Crippen LogP contribution is -2.19. The Bertz CT molecular complexity index is 334. The summed E-state index contributed by atoms with van der Waals surface area (Å²) in [5.74, 6) is 0. The van der Waals surface area contributed by atoms with Crippen LogP contribution in [0.2, 0.25) is 5.02 Å². The monoisotopic (exact) mass is 295 g/mol. The molecule has 0 aliphatic carbocycles. The van der Waals surface area contributed by atoms with E-state index in [4.69, 9.17) is 11.6 Å². The van der Waals surface area contributed by atoms with Crippen molar-refractivity contribution >= 4 is 11.6 Å². The van der Waals surface area contributed by atoms with E-state index in [2.05, 4.69) is 31.3 Å². The Kier molecular flexibility index (Phi) is 9.78. The van der Waals surface area contributed by atoms with E-state index in [0.717, 1.165) is 11.6 Å². The summed E-state index contributed by atoms with van der Waals surface area (Å²) >= 11 is 5.90. The van der Waals surface area contributed by atoms with Gasteiger partial charge in [-0.2, -0.15) is 0 Å². The highest BCUT2D eigenvalue weighted by Gasteiger charge is 2.03. The highest BCUT2D eigenvalue weighted by Crippen LogP contribution is 2.16. The molecule has 0 amide bonds. The Hall–Kier alpha value is -0.530. The molecule has 0 radical (unpaired) electrons. The number of hydrogen-bond donors (Lipinski definition) is 1. The van der Waals surface area contributed by atoms with Gasteiger partial charge >= 0.3 is 0 Å². The molecule has 1 N–H and O–H groups in total. The molecule has 0 heterocycles. The Morgan fingerprint density at radius 2 is 1.45 bits per heavy atom. The number of hydrogen-bond acceptors (Lipinski definition) is 1. The predicted octanol–water partition coefficient (Wildman–Crippen LogP) is 6.13. The molecule has 1 unspecified atom stereocenters. The smallest absolute Gasteiger partial charge is 0.0406 e. The van der Waals surface area contributed by atoms with Crippen molar-refractivity contribution in [3.8, 4) is 0 Å². The lowest BCUT2D eigenvalue weighted by molar-refractivity contribution is 0.521. The van der Waals surface area contributed by atoms with Gasteiger partial charge in [-0.3, -0.25) is 0 Å². The molecule has 20 heavy (non-hydrogen) atoms. The standard InChI is InChI=1S/C18H30ClN/c1-3-4-5-6-7-8-9-10-15-20-16(2)17-11-13-18(19)14-12-17/h11-14,16,20H,3-10,15H2,1-2H3. The quantitative estimate of drug-likeness (QED) is 0.484. The molecule has 0 aromatic heterocycles. The number of nitrogens with one attached hydrogen (secondary N) is 1. The highest BCUT2D eigenvalue weighted by molar-refractivity contribution is 6.30. The lowest BCUT2D eigenvalue weighted by atomic mass is 10.1. The molecule has 1 atom stereocenters. The van der Waals surface area contributed by atoms with Crippen LogP contribution in [-0.2, 0) is 0 Å². The third-order valence-corrected chi connectivity index (χ3v) is 4.10. The van der Waals surface area contributed by atoms with Gasteiger partial charge < -0.3 is 5.32 Å². The van der Waals surface area contributed by atoms with Crippen molar-refractivity contribution in [1.29, 1.82) is 0 Å². The summed E-state index contributed by atoms with van der Waals surface area (Å²) in [5.41, 5.74) is 1.31. The van der Waals surface area contributed by atoms with Gasteiger partial charge in [0.1, 0.15) is 0 Å². The summed E-state index contributed by atoms with van der Waals surface area (Å²) in [6.45, 7) is 5.60. The zero-order valence-corrected chi connectivity index (χ0v) is 13.9. The zero-order valence-electron chi connectivity index (χ0n) is 13.1. The van der Waals surface area contributed by atoms with Gasteiger partial charge in [0.15, 0.2) is 0 Å². The lowest BCUT2D eigenvalue weighted by Gasteiger charge is -2.14. The minimum Gasteiger partial charge on any atom is -0.310 e. The van der Waals surface area contributed by atoms with Crippen molar-refractivity contribution in [2.24, 2.45) is 0 Å². The molecule has 0 saturated carbocycles. The van der Waals surface area contributed by atoms with Crippen LogP contribution in [0.25, 0.3) is 0 Å². The van der Waals surface area contributed by atoms with E-state index in [1.54, 1.807) is 0 Å². The van der Waals surface area contributed by atoms with Crippen LogP contribution in [0.15, 0.2) is 24.3 Å². The van der Waals surface area contributed by atoms with Crippen LogP contribution in [0.5, 0.6) is 0 Å². The van der Waals surface area contributed by atoms with Gasteiger partial charge in [-0.05, 0) is 37.6 Å². The van der Waals surface area contributed by atoms with Crippen LogP contribution < -0.4 is 5.32 Å². The summed E-state index contributed by atoms with van der Waals surface area (Å²) in [6, 6.07) is 8.55. The summed E-state index contributed by atoms with van der Waals surface area (Å²) in [5, 5.41) is 4.40. The molecular formula is C18H30ClN. The van der Waals surface area contributed by atoms with Crippen LogP contribution in [0.3, 0.4) is 0 Å². The Balaban J connectivity index is 1.99. The summed E-state index contributed by atoms with van der Waals surface area (Å²) in [7, 11) is 0. The normalized spacial score (nSPS) is 12.6. The summed E-state index contributed by atoms with van der Waals surface area (Å²) in [4.78, 5) is 0. The molecule has 0 fully saturated rings. The van der Waals surface area contributed by atoms with E-state index in [9.17, 15) is 0 Å². The van der Waals surface area contributed by atoms with Crippen LogP contribution in [0.1, 0.15) is 76.8 Å². The predicted molar refractivity (Wildman–Crippen MR) is 90.5 cm³/mol. The van der Waals surface area contributed by atoms with Gasteiger partial charge in [-0.15, -0.1) is 0 Å². The maximum atomic E-state index is 5.90. The number of rotatable bonds is 11. The first-order valence-electron chi connectivity index (χ1n) is 8.23. The van der Waals surface area contributed by atoms with E-state index < -0.39 is 0 Å². The first-order chi connectivity index (χ1) is 9.74. The highest BCUT2D eigenvalue weighted by atomic mass is 35.5. The van der Waals surface area contributed by atoms with E-state index in [1.165, 1.54) is 56.9 Å². The van der Waals surface area contributed by atoms with E-state index in [1.807, 2.05) is 12.1 Å². The molecule has 114 valence electrons.